The Balaban J connectivity index is 4.29. The second-order valence-corrected chi connectivity index (χ2v) is 3.92. The fourth-order valence-electron chi connectivity index (χ4n) is 1.12. The monoisotopic (exact) mass is 279 g/mol. The molecule has 0 bridgehead atoms. The molecule has 20 heavy (non-hydrogen) atoms. The van der Waals surface area contributed by atoms with Crippen LogP contribution >= 0.6 is 0 Å². The fourth-order valence-corrected chi connectivity index (χ4v) is 1.12. The number of nitro groups is 1. The number of nitrogens with zero attached hydrogens (tertiary/aromatic N) is 3. The summed E-state index contributed by atoms with van der Waals surface area (Å²) in [6.45, 7) is 3.00. The normalized spacial score (nSPS) is 13.0. The summed E-state index contributed by atoms with van der Waals surface area (Å²) in [7, 11) is 0. The van der Waals surface area contributed by atoms with Crippen LogP contribution in [0.4, 0.5) is 0 Å². The van der Waals surface area contributed by atoms with Crippen molar-refractivity contribution >= 4 is 0 Å². The maximum Gasteiger partial charge on any atom is 0.279 e. The highest BCUT2D eigenvalue weighted by Crippen LogP contribution is 2.04. The maximum atomic E-state index is 10.9. The minimum Gasteiger partial charge on any atom is -0.491 e. The van der Waals surface area contributed by atoms with Gasteiger partial charge in [0.25, 0.3) is 6.04 Å². The van der Waals surface area contributed by atoms with E-state index in [1.165, 1.54) is 0 Å². The molecule has 0 heterocycles. The van der Waals surface area contributed by atoms with Crippen LogP contribution in [0.3, 0.4) is 0 Å². The molecule has 0 saturated carbocycles. The van der Waals surface area contributed by atoms with Crippen molar-refractivity contribution in [3.8, 4) is 12.1 Å². The zero-order valence-electron chi connectivity index (χ0n) is 11.5. The summed E-state index contributed by atoms with van der Waals surface area (Å²) < 4.78 is 10.4. The quantitative estimate of drug-likeness (QED) is 0.364. The molecule has 0 aliphatic rings. The number of rotatable bonds is 9. The van der Waals surface area contributed by atoms with Crippen LogP contribution < -0.4 is 0 Å². The molecule has 0 aromatic rings. The molecule has 0 saturated heterocycles. The Hall–Kier alpha value is -2.54. The Labute approximate surface area is 117 Å². The highest BCUT2D eigenvalue weighted by Gasteiger charge is 2.22. The zero-order valence-corrected chi connectivity index (χ0v) is 11.5. The minimum atomic E-state index is -1.01. The third-order valence-corrected chi connectivity index (χ3v) is 2.27. The Morgan fingerprint density at radius 3 is 1.85 bits per heavy atom. The summed E-state index contributed by atoms with van der Waals surface area (Å²) in [5.41, 5.74) is 0. The Morgan fingerprint density at radius 1 is 1.15 bits per heavy atom. The van der Waals surface area contributed by atoms with E-state index >= 15 is 0 Å². The van der Waals surface area contributed by atoms with Gasteiger partial charge in [-0.2, -0.15) is 10.5 Å². The predicted molar refractivity (Wildman–Crippen MR) is 70.7 cm³/mol. The third kappa shape index (κ3) is 8.54. The average Bonchev–Trinajstić information content (AvgIpc) is 2.42. The van der Waals surface area contributed by atoms with Gasteiger partial charge in [-0.1, -0.05) is 0 Å². The second kappa shape index (κ2) is 10.4. The summed E-state index contributed by atoms with van der Waals surface area (Å²) in [5.74, 6) is 0.935. The molecule has 108 valence electrons. The third-order valence-electron chi connectivity index (χ3n) is 2.27. The van der Waals surface area contributed by atoms with Gasteiger partial charge in [0.2, 0.25) is 0 Å². The van der Waals surface area contributed by atoms with E-state index in [-0.39, 0.29) is 26.1 Å². The van der Waals surface area contributed by atoms with Crippen LogP contribution in [0.1, 0.15) is 26.7 Å². The SMILES string of the molecule is C/C(=C/CC#N)OCC(CO/C(C)=C/CC#N)[N+](=O)[O-]. The van der Waals surface area contributed by atoms with Crippen LogP contribution in [-0.4, -0.2) is 24.2 Å². The zero-order chi connectivity index (χ0) is 15.4. The minimum absolute atomic E-state index is 0.133. The van der Waals surface area contributed by atoms with Crippen molar-refractivity contribution in [2.45, 2.75) is 32.7 Å². The molecule has 7 nitrogen and oxygen atoms in total. The van der Waals surface area contributed by atoms with Gasteiger partial charge >= 0.3 is 0 Å². The lowest BCUT2D eigenvalue weighted by atomic mass is 10.3. The molecule has 0 spiro atoms. The van der Waals surface area contributed by atoms with Crippen LogP contribution in [0.25, 0.3) is 0 Å². The topological polar surface area (TPSA) is 109 Å². The molecule has 1 unspecified atom stereocenters. The lowest BCUT2D eigenvalue weighted by molar-refractivity contribution is -0.529. The summed E-state index contributed by atoms with van der Waals surface area (Å²) >= 11 is 0. The molecule has 1 atom stereocenters. The lowest BCUT2D eigenvalue weighted by Crippen LogP contribution is -2.30. The number of allylic oxidation sites excluding steroid dienone is 4. The van der Waals surface area contributed by atoms with Gasteiger partial charge in [0.15, 0.2) is 13.2 Å². The molecule has 0 aromatic carbocycles. The van der Waals surface area contributed by atoms with Gasteiger partial charge in [-0.25, -0.2) is 0 Å². The molecule has 0 radical (unpaired) electrons. The molecule has 0 aliphatic carbocycles. The lowest BCUT2D eigenvalue weighted by Gasteiger charge is -2.12. The van der Waals surface area contributed by atoms with Gasteiger partial charge in [0, 0.05) is 4.92 Å². The first-order valence-corrected chi connectivity index (χ1v) is 5.97. The molecule has 0 fully saturated rings. The first-order chi connectivity index (χ1) is 9.51. The van der Waals surface area contributed by atoms with Crippen molar-refractivity contribution in [3.63, 3.8) is 0 Å². The van der Waals surface area contributed by atoms with Crippen molar-refractivity contribution in [1.82, 2.24) is 0 Å². The highest BCUT2D eigenvalue weighted by atomic mass is 16.6. The van der Waals surface area contributed by atoms with E-state index in [1.54, 1.807) is 26.0 Å². The number of ether oxygens (including phenoxy) is 2. The van der Waals surface area contributed by atoms with Crippen LogP contribution in [0.5, 0.6) is 0 Å². The van der Waals surface area contributed by atoms with Gasteiger partial charge in [-0.3, -0.25) is 10.1 Å². The Kier molecular flexibility index (Phi) is 9.07. The van der Waals surface area contributed by atoms with E-state index in [0.29, 0.717) is 11.5 Å². The van der Waals surface area contributed by atoms with Crippen molar-refractivity contribution in [2.75, 3.05) is 13.2 Å². The van der Waals surface area contributed by atoms with Gasteiger partial charge in [-0.05, 0) is 26.0 Å². The van der Waals surface area contributed by atoms with E-state index in [2.05, 4.69) is 0 Å². The van der Waals surface area contributed by atoms with Crippen LogP contribution in [0.2, 0.25) is 0 Å². The predicted octanol–water partition coefficient (Wildman–Crippen LogP) is 2.30. The number of nitriles is 2. The van der Waals surface area contributed by atoms with Gasteiger partial charge in [0.05, 0.1) is 36.5 Å². The van der Waals surface area contributed by atoms with Crippen LogP contribution in [0.15, 0.2) is 23.7 Å². The van der Waals surface area contributed by atoms with Gasteiger partial charge in [0.1, 0.15) is 0 Å². The molecule has 0 amide bonds. The molecule has 0 aliphatic heterocycles. The summed E-state index contributed by atoms with van der Waals surface area (Å²) in [6.07, 6.45) is 3.49. The van der Waals surface area contributed by atoms with E-state index < -0.39 is 11.0 Å². The van der Waals surface area contributed by atoms with E-state index in [0.717, 1.165) is 0 Å². The summed E-state index contributed by atoms with van der Waals surface area (Å²) in [5, 5.41) is 27.6. The number of hydrogen-bond donors (Lipinski definition) is 0. The largest absolute Gasteiger partial charge is 0.491 e. The van der Waals surface area contributed by atoms with Crippen molar-refractivity contribution < 1.29 is 14.4 Å². The molecular weight excluding hydrogens is 262 g/mol. The van der Waals surface area contributed by atoms with Gasteiger partial charge in [-0.15, -0.1) is 0 Å². The first-order valence-electron chi connectivity index (χ1n) is 5.97. The first kappa shape index (κ1) is 17.5. The molecule has 0 rings (SSSR count). The highest BCUT2D eigenvalue weighted by molar-refractivity contribution is 4.96. The standard InChI is InChI=1S/C13H17N3O4/c1-11(5-3-7-14)19-9-13(16(17)18)10-20-12(2)6-4-8-15/h5-6,13H,3-4,9-10H2,1-2H3/b11-5-,12-6+. The molecular formula is C13H17N3O4. The average molecular weight is 279 g/mol. The summed E-state index contributed by atoms with van der Waals surface area (Å²) in [6, 6.07) is 2.83. The molecule has 0 N–H and O–H groups in total. The van der Waals surface area contributed by atoms with E-state index in [1.807, 2.05) is 12.1 Å². The molecule has 0 aromatic heterocycles. The van der Waals surface area contributed by atoms with Crippen LogP contribution in [-0.2, 0) is 9.47 Å². The van der Waals surface area contributed by atoms with Crippen molar-refractivity contribution in [3.05, 3.63) is 33.8 Å². The summed E-state index contributed by atoms with van der Waals surface area (Å²) in [4.78, 5) is 10.4. The van der Waals surface area contributed by atoms with E-state index in [4.69, 9.17) is 20.0 Å². The van der Waals surface area contributed by atoms with Crippen molar-refractivity contribution in [1.29, 1.82) is 10.5 Å². The Bertz CT molecular complexity index is 421. The maximum absolute atomic E-state index is 10.9. The fraction of sp³-hybridized carbons (Fsp3) is 0.538. The number of hydrogen-bond acceptors (Lipinski definition) is 6. The smallest absolute Gasteiger partial charge is 0.279 e. The van der Waals surface area contributed by atoms with Gasteiger partial charge < -0.3 is 9.47 Å². The van der Waals surface area contributed by atoms with Crippen LogP contribution in [0, 0.1) is 32.8 Å². The van der Waals surface area contributed by atoms with Crippen molar-refractivity contribution in [2.24, 2.45) is 0 Å². The van der Waals surface area contributed by atoms with E-state index in [9.17, 15) is 10.1 Å². The molecule has 7 heteroatoms. The Morgan fingerprint density at radius 2 is 1.55 bits per heavy atom. The second-order valence-electron chi connectivity index (χ2n) is 3.92.